The summed E-state index contributed by atoms with van der Waals surface area (Å²) < 4.78 is 15.1. The number of nitrogens with one attached hydrogen (secondary N) is 1. The van der Waals surface area contributed by atoms with Crippen LogP contribution in [0.4, 0.5) is 4.39 Å². The molecule has 2 fully saturated rings. The highest BCUT2D eigenvalue weighted by Gasteiger charge is 2.44. The Hall–Kier alpha value is -2.15. The van der Waals surface area contributed by atoms with Crippen LogP contribution in [0.3, 0.4) is 0 Å². The van der Waals surface area contributed by atoms with Gasteiger partial charge in [-0.25, -0.2) is 4.39 Å². The maximum atomic E-state index is 15.1. The quantitative estimate of drug-likeness (QED) is 0.386. The summed E-state index contributed by atoms with van der Waals surface area (Å²) in [6.07, 6.45) is 2.40. The fourth-order valence-electron chi connectivity index (χ4n) is 6.38. The van der Waals surface area contributed by atoms with E-state index in [9.17, 15) is 9.59 Å². The Morgan fingerprint density at radius 1 is 1.07 bits per heavy atom. The molecule has 8 heteroatoms. The number of halogens is 3. The lowest BCUT2D eigenvalue weighted by molar-refractivity contribution is -0.136. The van der Waals surface area contributed by atoms with Crippen LogP contribution in [0.15, 0.2) is 30.3 Å². The number of likely N-dealkylation sites (tertiary alicyclic amines) is 2. The Kier molecular flexibility index (Phi) is 9.53. The van der Waals surface area contributed by atoms with Gasteiger partial charge in [0.05, 0.1) is 12.0 Å². The highest BCUT2D eigenvalue weighted by molar-refractivity contribution is 6.31. The number of carbonyl (C=O) groups is 2. The molecule has 2 amide bonds. The summed E-state index contributed by atoms with van der Waals surface area (Å²) in [6.45, 7) is 14.5. The summed E-state index contributed by atoms with van der Waals surface area (Å²) in [5.74, 6) is -0.626. The Labute approximate surface area is 248 Å². The molecule has 4 rings (SSSR count). The molecule has 3 unspecified atom stereocenters. The molecule has 2 aromatic carbocycles. The highest BCUT2D eigenvalue weighted by Crippen LogP contribution is 2.41. The topological polar surface area (TPSA) is 52.7 Å². The minimum absolute atomic E-state index is 0.0571. The van der Waals surface area contributed by atoms with Crippen LogP contribution in [0.25, 0.3) is 0 Å². The molecule has 2 aromatic rings. The smallest absolute Gasteiger partial charge is 0.227 e. The van der Waals surface area contributed by atoms with Gasteiger partial charge in [0.25, 0.3) is 0 Å². The fourth-order valence-corrected chi connectivity index (χ4v) is 6.72. The van der Waals surface area contributed by atoms with Gasteiger partial charge in [-0.1, -0.05) is 42.3 Å². The molecule has 1 N–H and O–H groups in total. The molecule has 0 aliphatic carbocycles. The summed E-state index contributed by atoms with van der Waals surface area (Å²) >= 11 is 12.6. The minimum atomic E-state index is -0.349. The monoisotopic (exact) mass is 589 g/mol. The van der Waals surface area contributed by atoms with Crippen molar-refractivity contribution in [2.24, 2.45) is 5.92 Å². The van der Waals surface area contributed by atoms with Gasteiger partial charge < -0.3 is 10.2 Å². The molecule has 0 bridgehead atoms. The van der Waals surface area contributed by atoms with Gasteiger partial charge in [0, 0.05) is 54.6 Å². The molecule has 2 saturated heterocycles. The average molecular weight is 591 g/mol. The summed E-state index contributed by atoms with van der Waals surface area (Å²) in [4.78, 5) is 30.2. The van der Waals surface area contributed by atoms with Gasteiger partial charge in [0.15, 0.2) is 0 Å². The number of nitrogens with zero attached hydrogens (tertiary/aromatic N) is 2. The minimum Gasteiger partial charge on any atom is -0.350 e. The number of rotatable bonds is 6. The van der Waals surface area contributed by atoms with E-state index in [1.807, 2.05) is 11.8 Å². The number of hydrogen-bond donors (Lipinski definition) is 1. The Morgan fingerprint density at radius 2 is 1.75 bits per heavy atom. The average Bonchev–Trinajstić information content (AvgIpc) is 3.34. The van der Waals surface area contributed by atoms with E-state index in [0.29, 0.717) is 36.8 Å². The molecular weight excluding hydrogens is 548 g/mol. The SMILES string of the molecule is CCC(NC(C)=O)c1cc(C)c(Cl)cc1C1CCN(C(=O)C2CN(C(C)(C)C)CC2c2ccc(Cl)cc2F)CC1. The molecule has 2 aliphatic rings. The van der Waals surface area contributed by atoms with Gasteiger partial charge in [-0.3, -0.25) is 14.5 Å². The van der Waals surface area contributed by atoms with Crippen LogP contribution >= 0.6 is 23.2 Å². The standard InChI is InChI=1S/C32H42Cl2FN3O2/c1-7-30(36-20(3)39)25-14-19(2)28(34)16-24(25)21-10-12-37(13-11-21)31(40)27-18-38(32(4,5)6)17-26(27)23-9-8-22(33)15-29(23)35/h8-9,14-16,21,26-27,30H,7,10-13,17-18H2,1-6H3,(H,36,39). The molecule has 218 valence electrons. The molecule has 3 atom stereocenters. The number of hydrogen-bond acceptors (Lipinski definition) is 3. The van der Waals surface area contributed by atoms with Crippen LogP contribution in [-0.4, -0.2) is 53.3 Å². The van der Waals surface area contributed by atoms with Crippen molar-refractivity contribution in [1.82, 2.24) is 15.1 Å². The van der Waals surface area contributed by atoms with Crippen molar-refractivity contribution in [1.29, 1.82) is 0 Å². The Morgan fingerprint density at radius 3 is 2.33 bits per heavy atom. The van der Waals surface area contributed by atoms with Gasteiger partial charge in [0.2, 0.25) is 11.8 Å². The van der Waals surface area contributed by atoms with E-state index in [1.54, 1.807) is 19.1 Å². The first-order valence-electron chi connectivity index (χ1n) is 14.4. The van der Waals surface area contributed by atoms with E-state index in [-0.39, 0.29) is 47.0 Å². The molecule has 2 aliphatic heterocycles. The summed E-state index contributed by atoms with van der Waals surface area (Å²) in [5.41, 5.74) is 3.69. The van der Waals surface area contributed by atoms with Gasteiger partial charge in [-0.2, -0.15) is 0 Å². The second-order valence-corrected chi connectivity index (χ2v) is 13.3. The van der Waals surface area contributed by atoms with Crippen molar-refractivity contribution in [3.8, 4) is 0 Å². The molecule has 0 aromatic heterocycles. The molecule has 0 radical (unpaired) electrons. The second kappa shape index (κ2) is 12.4. The highest BCUT2D eigenvalue weighted by atomic mass is 35.5. The van der Waals surface area contributed by atoms with Gasteiger partial charge >= 0.3 is 0 Å². The van der Waals surface area contributed by atoms with Crippen LogP contribution in [0, 0.1) is 18.7 Å². The van der Waals surface area contributed by atoms with Crippen molar-refractivity contribution in [3.05, 3.63) is 68.4 Å². The van der Waals surface area contributed by atoms with Crippen molar-refractivity contribution in [2.75, 3.05) is 26.2 Å². The van der Waals surface area contributed by atoms with Crippen LogP contribution in [0.2, 0.25) is 10.0 Å². The van der Waals surface area contributed by atoms with Crippen LogP contribution in [0.5, 0.6) is 0 Å². The van der Waals surface area contributed by atoms with E-state index in [1.165, 1.54) is 6.07 Å². The zero-order chi connectivity index (χ0) is 29.4. The molecule has 0 saturated carbocycles. The lowest BCUT2D eigenvalue weighted by atomic mass is 9.82. The Balaban J connectivity index is 1.55. The van der Waals surface area contributed by atoms with Crippen molar-refractivity contribution >= 4 is 35.0 Å². The number of benzene rings is 2. The fraction of sp³-hybridized carbons (Fsp3) is 0.562. The number of aryl methyl sites for hydroxylation is 1. The normalized spacial score (nSPS) is 21.5. The molecule has 40 heavy (non-hydrogen) atoms. The summed E-state index contributed by atoms with van der Waals surface area (Å²) in [6, 6.07) is 8.86. The lowest BCUT2D eigenvalue weighted by Gasteiger charge is -2.36. The maximum absolute atomic E-state index is 15.1. The largest absolute Gasteiger partial charge is 0.350 e. The predicted octanol–water partition coefficient (Wildman–Crippen LogP) is 7.25. The predicted molar refractivity (Wildman–Crippen MR) is 161 cm³/mol. The maximum Gasteiger partial charge on any atom is 0.227 e. The van der Waals surface area contributed by atoms with Gasteiger partial charge in [-0.05, 0) is 93.3 Å². The summed E-state index contributed by atoms with van der Waals surface area (Å²) in [5, 5.41) is 4.17. The first-order valence-corrected chi connectivity index (χ1v) is 15.1. The number of amides is 2. The second-order valence-electron chi connectivity index (χ2n) is 12.4. The van der Waals surface area contributed by atoms with E-state index >= 15 is 4.39 Å². The van der Waals surface area contributed by atoms with E-state index in [4.69, 9.17) is 23.2 Å². The third-order valence-corrected chi connectivity index (χ3v) is 9.36. The molecule has 0 spiro atoms. The summed E-state index contributed by atoms with van der Waals surface area (Å²) in [7, 11) is 0. The van der Waals surface area contributed by atoms with Crippen molar-refractivity contribution in [2.45, 2.75) is 84.2 Å². The zero-order valence-corrected chi connectivity index (χ0v) is 26.0. The molecule has 5 nitrogen and oxygen atoms in total. The number of piperidine rings is 1. The van der Waals surface area contributed by atoms with Crippen molar-refractivity contribution in [3.63, 3.8) is 0 Å². The van der Waals surface area contributed by atoms with Crippen LogP contribution in [0.1, 0.15) is 94.0 Å². The van der Waals surface area contributed by atoms with E-state index in [2.05, 4.69) is 50.0 Å². The van der Waals surface area contributed by atoms with E-state index < -0.39 is 0 Å². The molecule has 2 heterocycles. The van der Waals surface area contributed by atoms with Gasteiger partial charge in [-0.15, -0.1) is 0 Å². The van der Waals surface area contributed by atoms with E-state index in [0.717, 1.165) is 41.0 Å². The van der Waals surface area contributed by atoms with Crippen LogP contribution in [-0.2, 0) is 9.59 Å². The number of carbonyl (C=O) groups excluding carboxylic acids is 2. The van der Waals surface area contributed by atoms with Crippen molar-refractivity contribution < 1.29 is 14.0 Å². The lowest BCUT2D eigenvalue weighted by Crippen LogP contribution is -2.44. The third kappa shape index (κ3) is 6.66. The third-order valence-electron chi connectivity index (χ3n) is 8.72. The van der Waals surface area contributed by atoms with Crippen LogP contribution < -0.4 is 5.32 Å². The molecular formula is C32H42Cl2FN3O2. The first kappa shape index (κ1) is 30.8. The first-order chi connectivity index (χ1) is 18.8. The van der Waals surface area contributed by atoms with Gasteiger partial charge in [0.1, 0.15) is 5.82 Å². The zero-order valence-electron chi connectivity index (χ0n) is 24.5. The Bertz CT molecular complexity index is 1250.